The summed E-state index contributed by atoms with van der Waals surface area (Å²) in [6.07, 6.45) is 15.6. The number of rotatable bonds is 1. The van der Waals surface area contributed by atoms with Crippen molar-refractivity contribution in [2.24, 2.45) is 5.41 Å². The summed E-state index contributed by atoms with van der Waals surface area (Å²) in [6, 6.07) is 0. The minimum absolute atomic E-state index is 0.560. The Labute approximate surface area is 90.5 Å². The molecule has 0 atom stereocenters. The van der Waals surface area contributed by atoms with Crippen LogP contribution in [0.5, 0.6) is 0 Å². The maximum absolute atomic E-state index is 4.13. The zero-order valence-electron chi connectivity index (χ0n) is 9.99. The molecule has 0 saturated heterocycles. The highest BCUT2D eigenvalue weighted by molar-refractivity contribution is 4.75. The topological polar surface area (TPSA) is 0 Å². The molecule has 0 radical (unpaired) electrons. The third-order valence-electron chi connectivity index (χ3n) is 3.91. The molecular formula is C14H27-. The Morgan fingerprint density at radius 1 is 0.786 bits per heavy atom. The van der Waals surface area contributed by atoms with Crippen molar-refractivity contribution in [2.45, 2.75) is 77.6 Å². The Kier molecular flexibility index (Phi) is 5.59. The van der Waals surface area contributed by atoms with Crippen LogP contribution in [0, 0.1) is 12.3 Å². The maximum atomic E-state index is 4.13. The largest absolute Gasteiger partial charge is 0.343 e. The molecule has 0 unspecified atom stereocenters. The lowest BCUT2D eigenvalue weighted by atomic mass is 9.78. The quantitative estimate of drug-likeness (QED) is 0.509. The van der Waals surface area contributed by atoms with Gasteiger partial charge in [-0.2, -0.15) is 6.42 Å². The van der Waals surface area contributed by atoms with Crippen LogP contribution in [-0.4, -0.2) is 0 Å². The van der Waals surface area contributed by atoms with Gasteiger partial charge in [-0.05, 0) is 0 Å². The van der Waals surface area contributed by atoms with E-state index < -0.39 is 0 Å². The molecule has 1 saturated carbocycles. The first-order valence-corrected chi connectivity index (χ1v) is 6.56. The van der Waals surface area contributed by atoms with Crippen molar-refractivity contribution in [2.75, 3.05) is 0 Å². The molecule has 0 amide bonds. The van der Waals surface area contributed by atoms with E-state index in [1.165, 1.54) is 64.2 Å². The van der Waals surface area contributed by atoms with Crippen LogP contribution in [0.3, 0.4) is 0 Å². The van der Waals surface area contributed by atoms with Crippen LogP contribution >= 0.6 is 0 Å². The Balaban J connectivity index is 2.35. The SMILES string of the molecule is [CH2-]CC1(C)CCCCCCCCCC1. The van der Waals surface area contributed by atoms with Gasteiger partial charge in [-0.3, -0.25) is 0 Å². The van der Waals surface area contributed by atoms with Crippen LogP contribution in [0.15, 0.2) is 0 Å². The zero-order chi connectivity index (χ0) is 10.3. The van der Waals surface area contributed by atoms with Crippen LogP contribution in [-0.2, 0) is 0 Å². The molecular weight excluding hydrogens is 168 g/mol. The van der Waals surface area contributed by atoms with Crippen molar-refractivity contribution in [1.82, 2.24) is 0 Å². The van der Waals surface area contributed by atoms with Gasteiger partial charge in [0, 0.05) is 0 Å². The second-order valence-electron chi connectivity index (χ2n) is 5.39. The summed E-state index contributed by atoms with van der Waals surface area (Å²) in [7, 11) is 0. The molecule has 1 aliphatic rings. The molecule has 0 spiro atoms. The summed E-state index contributed by atoms with van der Waals surface area (Å²) in [6.45, 7) is 6.57. The molecule has 0 aromatic carbocycles. The second-order valence-corrected chi connectivity index (χ2v) is 5.39. The normalized spacial score (nSPS) is 25.3. The first-order chi connectivity index (χ1) is 6.77. The van der Waals surface area contributed by atoms with E-state index in [2.05, 4.69) is 13.8 Å². The molecule has 1 rings (SSSR count). The average molecular weight is 195 g/mol. The highest BCUT2D eigenvalue weighted by Crippen LogP contribution is 2.34. The monoisotopic (exact) mass is 195 g/mol. The number of hydrogen-bond acceptors (Lipinski definition) is 0. The fourth-order valence-electron chi connectivity index (χ4n) is 2.54. The van der Waals surface area contributed by atoms with Gasteiger partial charge in [-0.25, -0.2) is 0 Å². The highest BCUT2D eigenvalue weighted by atomic mass is 14.3. The average Bonchev–Trinajstić information content (AvgIpc) is 2.24. The van der Waals surface area contributed by atoms with E-state index in [1.54, 1.807) is 0 Å². The van der Waals surface area contributed by atoms with E-state index in [9.17, 15) is 0 Å². The standard InChI is InChI=1S/C14H27/c1-3-14(2)12-10-8-6-4-5-7-9-11-13-14/h1,3-13H2,2H3/q-1. The summed E-state index contributed by atoms with van der Waals surface area (Å²) in [5.74, 6) is 0. The maximum Gasteiger partial charge on any atom is -0.0503 e. The van der Waals surface area contributed by atoms with Gasteiger partial charge < -0.3 is 6.92 Å². The van der Waals surface area contributed by atoms with Gasteiger partial charge in [0.2, 0.25) is 0 Å². The van der Waals surface area contributed by atoms with Gasteiger partial charge in [0.1, 0.15) is 0 Å². The van der Waals surface area contributed by atoms with Crippen LogP contribution in [0.4, 0.5) is 0 Å². The van der Waals surface area contributed by atoms with Crippen LogP contribution in [0.1, 0.15) is 77.6 Å². The summed E-state index contributed by atoms with van der Waals surface area (Å²) in [5, 5.41) is 0. The van der Waals surface area contributed by atoms with Gasteiger partial charge >= 0.3 is 0 Å². The molecule has 84 valence electrons. The van der Waals surface area contributed by atoms with E-state index >= 15 is 0 Å². The summed E-state index contributed by atoms with van der Waals surface area (Å²) in [5.41, 5.74) is 0.560. The highest BCUT2D eigenvalue weighted by Gasteiger charge is 2.18. The molecule has 0 nitrogen and oxygen atoms in total. The predicted octanol–water partition coefficient (Wildman–Crippen LogP) is 5.13. The van der Waals surface area contributed by atoms with Crippen molar-refractivity contribution < 1.29 is 0 Å². The van der Waals surface area contributed by atoms with Gasteiger partial charge in [0.15, 0.2) is 0 Å². The summed E-state index contributed by atoms with van der Waals surface area (Å²) < 4.78 is 0. The first-order valence-electron chi connectivity index (χ1n) is 6.56. The Hall–Kier alpha value is 0. The Morgan fingerprint density at radius 3 is 1.50 bits per heavy atom. The van der Waals surface area contributed by atoms with Crippen molar-refractivity contribution >= 4 is 0 Å². The van der Waals surface area contributed by atoms with Gasteiger partial charge in [0.05, 0.1) is 0 Å². The van der Waals surface area contributed by atoms with Crippen molar-refractivity contribution in [3.05, 3.63) is 6.92 Å². The molecule has 14 heavy (non-hydrogen) atoms. The lowest BCUT2D eigenvalue weighted by Crippen LogP contribution is -2.15. The first kappa shape index (κ1) is 12.1. The molecule has 0 bridgehead atoms. The van der Waals surface area contributed by atoms with Crippen molar-refractivity contribution in [3.8, 4) is 0 Å². The summed E-state index contributed by atoms with van der Waals surface area (Å²) >= 11 is 0. The molecule has 0 aromatic heterocycles. The zero-order valence-corrected chi connectivity index (χ0v) is 9.99. The molecule has 0 heterocycles. The molecule has 0 aliphatic heterocycles. The Bertz CT molecular complexity index is 125. The van der Waals surface area contributed by atoms with E-state index in [4.69, 9.17) is 0 Å². The van der Waals surface area contributed by atoms with E-state index in [1.807, 2.05) is 0 Å². The lowest BCUT2D eigenvalue weighted by molar-refractivity contribution is 0.256. The van der Waals surface area contributed by atoms with Gasteiger partial charge in [-0.15, -0.1) is 0 Å². The molecule has 0 N–H and O–H groups in total. The van der Waals surface area contributed by atoms with Crippen molar-refractivity contribution in [1.29, 1.82) is 0 Å². The minimum atomic E-state index is 0.560. The Morgan fingerprint density at radius 2 is 1.14 bits per heavy atom. The third kappa shape index (κ3) is 4.48. The molecule has 0 heteroatoms. The second kappa shape index (κ2) is 6.48. The molecule has 1 aliphatic carbocycles. The smallest absolute Gasteiger partial charge is 0.0503 e. The summed E-state index contributed by atoms with van der Waals surface area (Å²) in [4.78, 5) is 0. The number of hydrogen-bond donors (Lipinski definition) is 0. The lowest BCUT2D eigenvalue weighted by Gasteiger charge is -2.31. The van der Waals surface area contributed by atoms with Crippen LogP contribution in [0.25, 0.3) is 0 Å². The molecule has 0 aromatic rings. The van der Waals surface area contributed by atoms with E-state index in [0.717, 1.165) is 6.42 Å². The van der Waals surface area contributed by atoms with E-state index in [-0.39, 0.29) is 0 Å². The van der Waals surface area contributed by atoms with E-state index in [0.29, 0.717) is 5.41 Å². The fourth-order valence-corrected chi connectivity index (χ4v) is 2.54. The third-order valence-corrected chi connectivity index (χ3v) is 3.91. The van der Waals surface area contributed by atoms with Crippen molar-refractivity contribution in [3.63, 3.8) is 0 Å². The van der Waals surface area contributed by atoms with Gasteiger partial charge in [0.25, 0.3) is 0 Å². The fraction of sp³-hybridized carbons (Fsp3) is 0.929. The van der Waals surface area contributed by atoms with Crippen LogP contribution in [0.2, 0.25) is 0 Å². The minimum Gasteiger partial charge on any atom is -0.343 e. The van der Waals surface area contributed by atoms with Crippen LogP contribution < -0.4 is 0 Å². The predicted molar refractivity (Wildman–Crippen MR) is 64.3 cm³/mol. The van der Waals surface area contributed by atoms with Gasteiger partial charge in [-0.1, -0.05) is 76.5 Å². The molecule has 1 fully saturated rings.